The van der Waals surface area contributed by atoms with E-state index in [-0.39, 0.29) is 30.1 Å². The minimum absolute atomic E-state index is 0.0938. The first-order valence-electron chi connectivity index (χ1n) is 6.88. The first-order valence-corrected chi connectivity index (χ1v) is 8.69. The summed E-state index contributed by atoms with van der Waals surface area (Å²) in [7, 11) is -3.47. The molecule has 1 aromatic rings. The van der Waals surface area contributed by atoms with Crippen molar-refractivity contribution in [3.8, 4) is 5.75 Å². The Morgan fingerprint density at radius 3 is 2.95 bits per heavy atom. The number of hydrogen-bond acceptors (Lipinski definition) is 5. The lowest BCUT2D eigenvalue weighted by atomic mass is 10.3. The summed E-state index contributed by atoms with van der Waals surface area (Å²) in [6, 6.07) is 2.99. The van der Waals surface area contributed by atoms with E-state index in [2.05, 4.69) is 16.9 Å². The lowest BCUT2D eigenvalue weighted by molar-refractivity contribution is 0.189. The molecule has 2 rings (SSSR count). The summed E-state index contributed by atoms with van der Waals surface area (Å²) in [5.41, 5.74) is 0.223. The van der Waals surface area contributed by atoms with Gasteiger partial charge in [0, 0.05) is 12.1 Å². The van der Waals surface area contributed by atoms with E-state index in [0.717, 1.165) is 0 Å². The standard InChI is InChI=1S/C14H19N2O5P/c1-3-10-8-14(10,16-13(18)19)22(20,21-4-2)9-11-12(17)6-5-7-15-11/h3,5-7,10,16-17H,1,4,8-9H2,2H3,(H,18,19)/t10-,14+,22?/m1/s1. The zero-order chi connectivity index (χ0) is 16.4. The second kappa shape index (κ2) is 6.10. The highest BCUT2D eigenvalue weighted by Gasteiger charge is 2.66. The third-order valence-corrected chi connectivity index (χ3v) is 7.00. The van der Waals surface area contributed by atoms with Crippen molar-refractivity contribution >= 4 is 13.5 Å². The fourth-order valence-electron chi connectivity index (χ4n) is 2.62. The Labute approximate surface area is 128 Å². The second-order valence-electron chi connectivity index (χ2n) is 5.12. The van der Waals surface area contributed by atoms with Crippen LogP contribution in [0.2, 0.25) is 0 Å². The van der Waals surface area contributed by atoms with Crippen molar-refractivity contribution in [2.75, 3.05) is 6.61 Å². The van der Waals surface area contributed by atoms with Crippen LogP contribution in [0.3, 0.4) is 0 Å². The topological polar surface area (TPSA) is 109 Å². The van der Waals surface area contributed by atoms with Crippen molar-refractivity contribution in [3.63, 3.8) is 0 Å². The number of amides is 1. The number of carbonyl (C=O) groups is 1. The fourth-order valence-corrected chi connectivity index (χ4v) is 5.63. The molecule has 0 aromatic carbocycles. The van der Waals surface area contributed by atoms with Gasteiger partial charge in [-0.3, -0.25) is 9.55 Å². The highest BCUT2D eigenvalue weighted by atomic mass is 31.2. The Morgan fingerprint density at radius 1 is 1.73 bits per heavy atom. The summed E-state index contributed by atoms with van der Waals surface area (Å²) in [5, 5.41) is 20.1. The van der Waals surface area contributed by atoms with Crippen LogP contribution in [0.25, 0.3) is 0 Å². The van der Waals surface area contributed by atoms with E-state index >= 15 is 0 Å². The van der Waals surface area contributed by atoms with E-state index in [1.165, 1.54) is 12.3 Å². The van der Waals surface area contributed by atoms with Crippen LogP contribution in [0.4, 0.5) is 4.79 Å². The molecule has 7 nitrogen and oxygen atoms in total. The Morgan fingerprint density at radius 2 is 2.45 bits per heavy atom. The highest BCUT2D eigenvalue weighted by Crippen LogP contribution is 2.73. The molecule has 0 aliphatic heterocycles. The van der Waals surface area contributed by atoms with Gasteiger partial charge < -0.3 is 20.1 Å². The summed E-state index contributed by atoms with van der Waals surface area (Å²) in [6.07, 6.45) is 1.99. The minimum Gasteiger partial charge on any atom is -0.506 e. The molecule has 22 heavy (non-hydrogen) atoms. The van der Waals surface area contributed by atoms with Crippen molar-refractivity contribution in [3.05, 3.63) is 36.7 Å². The van der Waals surface area contributed by atoms with Crippen molar-refractivity contribution < 1.29 is 24.1 Å². The van der Waals surface area contributed by atoms with E-state index in [4.69, 9.17) is 9.63 Å². The molecule has 120 valence electrons. The number of pyridine rings is 1. The Kier molecular flexibility index (Phi) is 4.58. The molecule has 3 atom stereocenters. The Balaban J connectivity index is 2.39. The number of hydrogen-bond donors (Lipinski definition) is 3. The van der Waals surface area contributed by atoms with E-state index in [1.807, 2.05) is 0 Å². The molecule has 3 N–H and O–H groups in total. The zero-order valence-corrected chi connectivity index (χ0v) is 13.1. The van der Waals surface area contributed by atoms with Crippen LogP contribution in [0.15, 0.2) is 31.0 Å². The van der Waals surface area contributed by atoms with Gasteiger partial charge in [-0.25, -0.2) is 4.79 Å². The molecule has 1 aliphatic rings. The van der Waals surface area contributed by atoms with Gasteiger partial charge in [0.25, 0.3) is 0 Å². The zero-order valence-electron chi connectivity index (χ0n) is 12.2. The molecule has 1 aromatic heterocycles. The molecular formula is C14H19N2O5P. The van der Waals surface area contributed by atoms with Gasteiger partial charge in [0.15, 0.2) is 0 Å². The summed E-state index contributed by atoms with van der Waals surface area (Å²) >= 11 is 0. The molecule has 0 bridgehead atoms. The van der Waals surface area contributed by atoms with Crippen LogP contribution in [0, 0.1) is 5.92 Å². The molecule has 0 saturated heterocycles. The van der Waals surface area contributed by atoms with Crippen LogP contribution in [0.1, 0.15) is 19.0 Å². The van der Waals surface area contributed by atoms with E-state index < -0.39 is 18.7 Å². The average molecular weight is 326 g/mol. The van der Waals surface area contributed by atoms with Gasteiger partial charge in [-0.1, -0.05) is 6.08 Å². The SMILES string of the molecule is C=C[C@@H]1C[C@]1(NC(=O)O)P(=O)(Cc1ncccc1O)OCC. The normalized spacial score (nSPS) is 26.0. The number of rotatable bonds is 7. The molecule has 0 radical (unpaired) electrons. The van der Waals surface area contributed by atoms with Crippen molar-refractivity contribution in [2.24, 2.45) is 5.92 Å². The lowest BCUT2D eigenvalue weighted by Gasteiger charge is -2.28. The predicted molar refractivity (Wildman–Crippen MR) is 81.0 cm³/mol. The molecule has 1 fully saturated rings. The summed E-state index contributed by atoms with van der Waals surface area (Å²) < 4.78 is 18.9. The van der Waals surface area contributed by atoms with Crippen LogP contribution in [-0.2, 0) is 15.3 Å². The van der Waals surface area contributed by atoms with E-state index in [9.17, 15) is 14.5 Å². The summed E-state index contributed by atoms with van der Waals surface area (Å²) in [5.74, 6) is -0.365. The van der Waals surface area contributed by atoms with Gasteiger partial charge >= 0.3 is 6.09 Å². The maximum Gasteiger partial charge on any atom is 0.405 e. The molecular weight excluding hydrogens is 307 g/mol. The maximum absolute atomic E-state index is 13.4. The lowest BCUT2D eigenvalue weighted by Crippen LogP contribution is -2.38. The summed E-state index contributed by atoms with van der Waals surface area (Å²) in [6.45, 7) is 5.50. The first kappa shape index (κ1) is 16.5. The fraction of sp³-hybridized carbons (Fsp3) is 0.429. The molecule has 1 amide bonds. The summed E-state index contributed by atoms with van der Waals surface area (Å²) in [4.78, 5) is 15.1. The molecule has 8 heteroatoms. The quantitative estimate of drug-likeness (QED) is 0.525. The van der Waals surface area contributed by atoms with Crippen LogP contribution >= 0.6 is 7.37 Å². The second-order valence-corrected chi connectivity index (χ2v) is 7.84. The van der Waals surface area contributed by atoms with Crippen molar-refractivity contribution in [1.82, 2.24) is 10.3 Å². The monoisotopic (exact) mass is 326 g/mol. The van der Waals surface area contributed by atoms with Gasteiger partial charge in [-0.15, -0.1) is 6.58 Å². The highest BCUT2D eigenvalue weighted by molar-refractivity contribution is 7.60. The van der Waals surface area contributed by atoms with Gasteiger partial charge in [-0.05, 0) is 25.5 Å². The minimum atomic E-state index is -3.47. The Hall–Kier alpha value is -1.85. The van der Waals surface area contributed by atoms with Crippen molar-refractivity contribution in [2.45, 2.75) is 24.8 Å². The molecule has 1 heterocycles. The van der Waals surface area contributed by atoms with Crippen molar-refractivity contribution in [1.29, 1.82) is 0 Å². The average Bonchev–Trinajstić information content (AvgIpc) is 3.16. The van der Waals surface area contributed by atoms with Crippen LogP contribution in [-0.4, -0.2) is 33.2 Å². The van der Waals surface area contributed by atoms with Crippen LogP contribution < -0.4 is 5.32 Å². The van der Waals surface area contributed by atoms with Crippen LogP contribution in [0.5, 0.6) is 5.75 Å². The third-order valence-electron chi connectivity index (χ3n) is 3.76. The van der Waals surface area contributed by atoms with E-state index in [1.54, 1.807) is 19.1 Å². The smallest absolute Gasteiger partial charge is 0.405 e. The molecule has 0 spiro atoms. The largest absolute Gasteiger partial charge is 0.506 e. The molecule has 1 aliphatic carbocycles. The molecule has 1 saturated carbocycles. The number of aromatic hydroxyl groups is 1. The number of nitrogens with zero attached hydrogens (tertiary/aromatic N) is 1. The number of nitrogens with one attached hydrogen (secondary N) is 1. The van der Waals surface area contributed by atoms with Gasteiger partial charge in [0.05, 0.1) is 18.5 Å². The molecule has 1 unspecified atom stereocenters. The third kappa shape index (κ3) is 2.87. The van der Waals surface area contributed by atoms with E-state index in [0.29, 0.717) is 6.42 Å². The Bertz CT molecular complexity index is 635. The van der Waals surface area contributed by atoms with Gasteiger partial charge in [0.2, 0.25) is 7.37 Å². The predicted octanol–water partition coefficient (Wildman–Crippen LogP) is 2.77. The first-order chi connectivity index (χ1) is 10.4. The maximum atomic E-state index is 13.4. The number of carboxylic acid groups (broad SMARTS) is 1. The number of aromatic nitrogens is 1. The van der Waals surface area contributed by atoms with Gasteiger partial charge in [-0.2, -0.15) is 0 Å². The van der Waals surface area contributed by atoms with Gasteiger partial charge in [0.1, 0.15) is 11.0 Å².